The van der Waals surface area contributed by atoms with E-state index in [4.69, 9.17) is 9.26 Å². The topological polar surface area (TPSA) is 78.9 Å². The number of nitrogens with zero attached hydrogens (tertiary/aromatic N) is 5. The number of hydrogen-bond acceptors (Lipinski definition) is 6. The largest absolute Gasteiger partial charge is 0.481 e. The Morgan fingerprint density at radius 1 is 1.32 bits per heavy atom. The molecule has 0 amide bonds. The summed E-state index contributed by atoms with van der Waals surface area (Å²) in [7, 11) is 1.58. The quantitative estimate of drug-likeness (QED) is 0.736. The van der Waals surface area contributed by atoms with Crippen molar-refractivity contribution in [1.82, 2.24) is 24.7 Å². The van der Waals surface area contributed by atoms with Crippen LogP contribution in [0.25, 0.3) is 11.4 Å². The number of rotatable bonds is 3. The Kier molecular flexibility index (Phi) is 3.10. The SMILES string of the molecule is COc1ccc(-c2noc([C@@H]3CCn4ccnc4C3)n2)cn1. The predicted octanol–water partition coefficient (Wildman–Crippen LogP) is 2.07. The second-order valence-corrected chi connectivity index (χ2v) is 5.27. The number of ether oxygens (including phenoxy) is 1. The van der Waals surface area contributed by atoms with E-state index in [1.54, 1.807) is 19.4 Å². The first kappa shape index (κ1) is 13.0. The summed E-state index contributed by atoms with van der Waals surface area (Å²) >= 11 is 0. The molecule has 1 atom stereocenters. The zero-order chi connectivity index (χ0) is 14.9. The van der Waals surface area contributed by atoms with Crippen molar-refractivity contribution in [3.8, 4) is 17.3 Å². The van der Waals surface area contributed by atoms with Gasteiger partial charge in [-0.15, -0.1) is 0 Å². The lowest BCUT2D eigenvalue weighted by Gasteiger charge is -2.19. The first-order valence-corrected chi connectivity index (χ1v) is 7.17. The van der Waals surface area contributed by atoms with Crippen molar-refractivity contribution in [2.24, 2.45) is 0 Å². The number of aromatic nitrogens is 5. The average Bonchev–Trinajstić information content (AvgIpc) is 3.23. The van der Waals surface area contributed by atoms with Gasteiger partial charge in [-0.3, -0.25) is 0 Å². The standard InChI is InChI=1S/C15H15N5O2/c1-21-13-3-2-11(9-17-13)14-18-15(22-19-14)10-4-6-20-7-5-16-12(20)8-10/h2-3,5,7,9-10H,4,6,8H2,1H3/t10-/m1/s1. The third kappa shape index (κ3) is 2.24. The van der Waals surface area contributed by atoms with Gasteiger partial charge in [-0.05, 0) is 12.5 Å². The Morgan fingerprint density at radius 2 is 2.27 bits per heavy atom. The third-order valence-electron chi connectivity index (χ3n) is 3.94. The number of aryl methyl sites for hydroxylation is 1. The van der Waals surface area contributed by atoms with Gasteiger partial charge in [0.25, 0.3) is 0 Å². The van der Waals surface area contributed by atoms with E-state index in [0.717, 1.165) is 30.8 Å². The molecule has 1 aliphatic heterocycles. The number of imidazole rings is 1. The number of fused-ring (bicyclic) bond motifs is 1. The first-order chi connectivity index (χ1) is 10.8. The molecule has 0 spiro atoms. The van der Waals surface area contributed by atoms with Crippen molar-refractivity contribution >= 4 is 0 Å². The van der Waals surface area contributed by atoms with Crippen LogP contribution in [0.15, 0.2) is 35.2 Å². The molecular weight excluding hydrogens is 282 g/mol. The smallest absolute Gasteiger partial charge is 0.230 e. The van der Waals surface area contributed by atoms with Gasteiger partial charge in [-0.1, -0.05) is 5.16 Å². The lowest BCUT2D eigenvalue weighted by molar-refractivity contribution is 0.323. The van der Waals surface area contributed by atoms with Crippen molar-refractivity contribution in [2.45, 2.75) is 25.3 Å². The minimum Gasteiger partial charge on any atom is -0.481 e. The van der Waals surface area contributed by atoms with Crippen LogP contribution in [0.5, 0.6) is 5.88 Å². The number of methoxy groups -OCH3 is 1. The molecule has 1 aliphatic rings. The molecule has 0 N–H and O–H groups in total. The van der Waals surface area contributed by atoms with Gasteiger partial charge in [0.1, 0.15) is 5.82 Å². The van der Waals surface area contributed by atoms with Crippen LogP contribution >= 0.6 is 0 Å². The predicted molar refractivity (Wildman–Crippen MR) is 77.4 cm³/mol. The van der Waals surface area contributed by atoms with Crippen LogP contribution in [-0.4, -0.2) is 31.8 Å². The fourth-order valence-corrected chi connectivity index (χ4v) is 2.71. The summed E-state index contributed by atoms with van der Waals surface area (Å²) in [6, 6.07) is 3.65. The van der Waals surface area contributed by atoms with Gasteiger partial charge in [0.15, 0.2) is 0 Å². The van der Waals surface area contributed by atoms with E-state index in [9.17, 15) is 0 Å². The van der Waals surface area contributed by atoms with Crippen molar-refractivity contribution < 1.29 is 9.26 Å². The fourth-order valence-electron chi connectivity index (χ4n) is 2.71. The van der Waals surface area contributed by atoms with Crippen LogP contribution in [0.4, 0.5) is 0 Å². The molecule has 7 nitrogen and oxygen atoms in total. The highest BCUT2D eigenvalue weighted by molar-refractivity contribution is 5.53. The summed E-state index contributed by atoms with van der Waals surface area (Å²) < 4.78 is 12.7. The number of hydrogen-bond donors (Lipinski definition) is 0. The molecule has 4 rings (SSSR count). The molecule has 0 fully saturated rings. The molecule has 3 aromatic rings. The first-order valence-electron chi connectivity index (χ1n) is 7.17. The molecule has 7 heteroatoms. The van der Waals surface area contributed by atoms with Gasteiger partial charge in [-0.2, -0.15) is 4.98 Å². The van der Waals surface area contributed by atoms with E-state index >= 15 is 0 Å². The Morgan fingerprint density at radius 3 is 3.09 bits per heavy atom. The molecule has 0 saturated carbocycles. The van der Waals surface area contributed by atoms with Crippen LogP contribution in [0.2, 0.25) is 0 Å². The normalized spacial score (nSPS) is 17.2. The maximum absolute atomic E-state index is 5.45. The van der Waals surface area contributed by atoms with Crippen LogP contribution in [-0.2, 0) is 13.0 Å². The van der Waals surface area contributed by atoms with Crippen LogP contribution in [0.1, 0.15) is 24.1 Å². The van der Waals surface area contributed by atoms with Crippen LogP contribution < -0.4 is 4.74 Å². The monoisotopic (exact) mass is 297 g/mol. The lowest BCUT2D eigenvalue weighted by atomic mass is 9.98. The minimum absolute atomic E-state index is 0.224. The molecule has 112 valence electrons. The summed E-state index contributed by atoms with van der Waals surface area (Å²) in [6.07, 6.45) is 7.33. The van der Waals surface area contributed by atoms with E-state index in [2.05, 4.69) is 24.7 Å². The molecule has 22 heavy (non-hydrogen) atoms. The Balaban J connectivity index is 1.56. The highest BCUT2D eigenvalue weighted by atomic mass is 16.5. The van der Waals surface area contributed by atoms with Gasteiger partial charge < -0.3 is 13.8 Å². The van der Waals surface area contributed by atoms with Crippen LogP contribution in [0, 0.1) is 0 Å². The zero-order valence-electron chi connectivity index (χ0n) is 12.1. The summed E-state index contributed by atoms with van der Waals surface area (Å²) in [5, 5.41) is 4.07. The molecule has 0 aromatic carbocycles. The van der Waals surface area contributed by atoms with E-state index in [1.165, 1.54) is 0 Å². The molecule has 0 unspecified atom stereocenters. The molecule has 0 radical (unpaired) electrons. The average molecular weight is 297 g/mol. The van der Waals surface area contributed by atoms with Gasteiger partial charge >= 0.3 is 0 Å². The zero-order valence-corrected chi connectivity index (χ0v) is 12.1. The van der Waals surface area contributed by atoms with E-state index in [-0.39, 0.29) is 5.92 Å². The lowest BCUT2D eigenvalue weighted by Crippen LogP contribution is -2.18. The minimum atomic E-state index is 0.224. The highest BCUT2D eigenvalue weighted by Gasteiger charge is 2.25. The summed E-state index contributed by atoms with van der Waals surface area (Å²) in [5.74, 6) is 3.08. The molecular formula is C15H15N5O2. The Bertz CT molecular complexity index is 777. The highest BCUT2D eigenvalue weighted by Crippen LogP contribution is 2.29. The van der Waals surface area contributed by atoms with E-state index in [1.807, 2.05) is 18.5 Å². The second-order valence-electron chi connectivity index (χ2n) is 5.27. The van der Waals surface area contributed by atoms with E-state index in [0.29, 0.717) is 17.6 Å². The molecule has 0 bridgehead atoms. The maximum atomic E-state index is 5.45. The Labute approximate surface area is 127 Å². The van der Waals surface area contributed by atoms with Crippen molar-refractivity contribution in [1.29, 1.82) is 0 Å². The van der Waals surface area contributed by atoms with E-state index < -0.39 is 0 Å². The van der Waals surface area contributed by atoms with Crippen molar-refractivity contribution in [3.63, 3.8) is 0 Å². The summed E-state index contributed by atoms with van der Waals surface area (Å²) in [6.45, 7) is 0.932. The fraction of sp³-hybridized carbons (Fsp3) is 0.333. The van der Waals surface area contributed by atoms with Crippen molar-refractivity contribution in [3.05, 3.63) is 42.4 Å². The van der Waals surface area contributed by atoms with Crippen molar-refractivity contribution in [2.75, 3.05) is 7.11 Å². The Hall–Kier alpha value is -2.70. The number of pyridine rings is 1. The van der Waals surface area contributed by atoms with Gasteiger partial charge in [0.05, 0.1) is 7.11 Å². The molecule has 0 aliphatic carbocycles. The third-order valence-corrected chi connectivity index (χ3v) is 3.94. The maximum Gasteiger partial charge on any atom is 0.230 e. The summed E-state index contributed by atoms with van der Waals surface area (Å²) in [5.41, 5.74) is 0.813. The van der Waals surface area contributed by atoms with Gasteiger partial charge in [0.2, 0.25) is 17.6 Å². The molecule has 4 heterocycles. The van der Waals surface area contributed by atoms with Crippen LogP contribution in [0.3, 0.4) is 0 Å². The summed E-state index contributed by atoms with van der Waals surface area (Å²) in [4.78, 5) is 13.0. The molecule has 3 aromatic heterocycles. The second kappa shape index (κ2) is 5.25. The van der Waals surface area contributed by atoms with Gasteiger partial charge in [-0.25, -0.2) is 9.97 Å². The molecule has 0 saturated heterocycles. The van der Waals surface area contributed by atoms with Gasteiger partial charge in [0, 0.05) is 49.1 Å².